The summed E-state index contributed by atoms with van der Waals surface area (Å²) >= 11 is 5.20. The first-order valence-electron chi connectivity index (χ1n) is 7.12. The minimum Gasteiger partial charge on any atom is -0.392 e. The zero-order valence-corrected chi connectivity index (χ0v) is 12.4. The second kappa shape index (κ2) is 6.79. The lowest BCUT2D eigenvalue weighted by atomic mass is 9.79. The maximum absolute atomic E-state index is 12.6. The van der Waals surface area contributed by atoms with Gasteiger partial charge >= 0.3 is 0 Å². The summed E-state index contributed by atoms with van der Waals surface area (Å²) in [5.41, 5.74) is 6.22. The molecular formula is C15H21N3OS. The van der Waals surface area contributed by atoms with E-state index in [1.807, 2.05) is 12.1 Å². The van der Waals surface area contributed by atoms with Crippen LogP contribution in [-0.2, 0) is 11.3 Å². The fraction of sp³-hybridized carbons (Fsp3) is 0.533. The van der Waals surface area contributed by atoms with Crippen molar-refractivity contribution in [1.82, 2.24) is 10.3 Å². The van der Waals surface area contributed by atoms with E-state index in [1.54, 1.807) is 12.4 Å². The smallest absolute Gasteiger partial charge is 0.233 e. The second-order valence-electron chi connectivity index (χ2n) is 5.40. The Morgan fingerprint density at radius 2 is 2.05 bits per heavy atom. The standard InChI is InChI=1S/C15H21N3OS/c16-13(20)15(7-3-1-2-4-8-15)14(19)18-11-12-6-5-9-17-10-12/h5-6,9-10H,1-4,7-8,11H2,(H2,16,20)(H,18,19). The predicted octanol–water partition coefficient (Wildman–Crippen LogP) is 2.32. The SMILES string of the molecule is NC(=S)C1(C(=O)NCc2cccnc2)CCCCCC1. The molecule has 1 aromatic rings. The molecule has 20 heavy (non-hydrogen) atoms. The Hall–Kier alpha value is -1.49. The van der Waals surface area contributed by atoms with Crippen LogP contribution >= 0.6 is 12.2 Å². The van der Waals surface area contributed by atoms with Crippen molar-refractivity contribution in [1.29, 1.82) is 0 Å². The van der Waals surface area contributed by atoms with Gasteiger partial charge < -0.3 is 11.1 Å². The average Bonchev–Trinajstić information content (AvgIpc) is 2.72. The average molecular weight is 291 g/mol. The molecule has 0 saturated heterocycles. The van der Waals surface area contributed by atoms with Crippen LogP contribution in [0.5, 0.6) is 0 Å². The van der Waals surface area contributed by atoms with Gasteiger partial charge in [-0.05, 0) is 24.5 Å². The topological polar surface area (TPSA) is 68.0 Å². The molecule has 1 saturated carbocycles. The highest BCUT2D eigenvalue weighted by Gasteiger charge is 2.41. The lowest BCUT2D eigenvalue weighted by Crippen LogP contribution is -2.48. The van der Waals surface area contributed by atoms with Gasteiger partial charge in [-0.1, -0.05) is 44.0 Å². The van der Waals surface area contributed by atoms with E-state index in [-0.39, 0.29) is 5.91 Å². The second-order valence-corrected chi connectivity index (χ2v) is 5.84. The number of aromatic nitrogens is 1. The first kappa shape index (κ1) is 14.9. The molecule has 2 rings (SSSR count). The van der Waals surface area contributed by atoms with Crippen LogP contribution in [0.4, 0.5) is 0 Å². The van der Waals surface area contributed by atoms with Gasteiger partial charge in [-0.15, -0.1) is 0 Å². The fourth-order valence-electron chi connectivity index (χ4n) is 2.77. The summed E-state index contributed by atoms with van der Waals surface area (Å²) in [5, 5.41) is 2.97. The molecule has 1 aliphatic rings. The van der Waals surface area contributed by atoms with Crippen LogP contribution in [0.3, 0.4) is 0 Å². The summed E-state index contributed by atoms with van der Waals surface area (Å²) in [6.45, 7) is 0.469. The molecule has 0 bridgehead atoms. The Morgan fingerprint density at radius 3 is 2.60 bits per heavy atom. The number of nitrogens with two attached hydrogens (primary N) is 1. The lowest BCUT2D eigenvalue weighted by Gasteiger charge is -2.30. The molecule has 0 radical (unpaired) electrons. The van der Waals surface area contributed by atoms with Crippen molar-refractivity contribution < 1.29 is 4.79 Å². The zero-order chi connectivity index (χ0) is 14.4. The number of carbonyl (C=O) groups excluding carboxylic acids is 1. The first-order chi connectivity index (χ1) is 9.65. The van der Waals surface area contributed by atoms with Gasteiger partial charge in [0.2, 0.25) is 5.91 Å². The lowest BCUT2D eigenvalue weighted by molar-refractivity contribution is -0.128. The van der Waals surface area contributed by atoms with E-state index in [9.17, 15) is 4.79 Å². The van der Waals surface area contributed by atoms with Gasteiger partial charge in [0.25, 0.3) is 0 Å². The van der Waals surface area contributed by atoms with Crippen LogP contribution in [0, 0.1) is 5.41 Å². The van der Waals surface area contributed by atoms with Gasteiger partial charge in [0, 0.05) is 18.9 Å². The number of rotatable bonds is 4. The van der Waals surface area contributed by atoms with Crippen LogP contribution in [0.2, 0.25) is 0 Å². The molecule has 0 aliphatic heterocycles. The van der Waals surface area contributed by atoms with Gasteiger partial charge in [0.05, 0.1) is 10.4 Å². The largest absolute Gasteiger partial charge is 0.392 e. The molecule has 0 aromatic carbocycles. The molecule has 1 fully saturated rings. The molecule has 0 atom stereocenters. The van der Waals surface area contributed by atoms with Crippen LogP contribution in [0.15, 0.2) is 24.5 Å². The highest BCUT2D eigenvalue weighted by Crippen LogP contribution is 2.35. The van der Waals surface area contributed by atoms with Crippen LogP contribution in [-0.4, -0.2) is 15.9 Å². The predicted molar refractivity (Wildman–Crippen MR) is 83.0 cm³/mol. The third-order valence-corrected chi connectivity index (χ3v) is 4.43. The molecule has 108 valence electrons. The number of thiocarbonyl (C=S) groups is 1. The number of nitrogens with one attached hydrogen (secondary N) is 1. The summed E-state index contributed by atoms with van der Waals surface area (Å²) in [5.74, 6) is -0.0317. The van der Waals surface area contributed by atoms with E-state index in [2.05, 4.69) is 10.3 Å². The van der Waals surface area contributed by atoms with Gasteiger partial charge in [-0.3, -0.25) is 9.78 Å². The minimum absolute atomic E-state index is 0.0317. The third kappa shape index (κ3) is 3.33. The molecular weight excluding hydrogens is 270 g/mol. The number of carbonyl (C=O) groups is 1. The number of pyridine rings is 1. The Labute approximate surface area is 125 Å². The normalized spacial score (nSPS) is 18.0. The van der Waals surface area contributed by atoms with E-state index in [0.29, 0.717) is 11.5 Å². The molecule has 1 amide bonds. The van der Waals surface area contributed by atoms with E-state index in [0.717, 1.165) is 44.1 Å². The Bertz CT molecular complexity index is 467. The highest BCUT2D eigenvalue weighted by molar-refractivity contribution is 7.80. The molecule has 1 heterocycles. The van der Waals surface area contributed by atoms with Crippen molar-refractivity contribution in [2.24, 2.45) is 11.1 Å². The summed E-state index contributed by atoms with van der Waals surface area (Å²) in [6, 6.07) is 3.80. The summed E-state index contributed by atoms with van der Waals surface area (Å²) in [4.78, 5) is 17.0. The quantitative estimate of drug-likeness (QED) is 0.660. The summed E-state index contributed by atoms with van der Waals surface area (Å²) in [6.07, 6.45) is 9.33. The Morgan fingerprint density at radius 1 is 1.35 bits per heavy atom. The van der Waals surface area contributed by atoms with Gasteiger partial charge in [-0.25, -0.2) is 0 Å². The van der Waals surface area contributed by atoms with E-state index in [4.69, 9.17) is 18.0 Å². The van der Waals surface area contributed by atoms with E-state index >= 15 is 0 Å². The number of nitrogens with zero attached hydrogens (tertiary/aromatic N) is 1. The molecule has 1 aliphatic carbocycles. The number of hydrogen-bond donors (Lipinski definition) is 2. The van der Waals surface area contributed by atoms with Crippen LogP contribution < -0.4 is 11.1 Å². The van der Waals surface area contributed by atoms with Crippen LogP contribution in [0.25, 0.3) is 0 Å². The van der Waals surface area contributed by atoms with Crippen molar-refractivity contribution in [3.8, 4) is 0 Å². The minimum atomic E-state index is -0.659. The fourth-order valence-corrected chi connectivity index (χ4v) is 3.07. The van der Waals surface area contributed by atoms with Crippen molar-refractivity contribution in [2.45, 2.75) is 45.1 Å². The molecule has 5 heteroatoms. The van der Waals surface area contributed by atoms with Crippen molar-refractivity contribution in [3.63, 3.8) is 0 Å². The van der Waals surface area contributed by atoms with Crippen molar-refractivity contribution >= 4 is 23.1 Å². The van der Waals surface area contributed by atoms with Gasteiger partial charge in [0.15, 0.2) is 0 Å². The van der Waals surface area contributed by atoms with Gasteiger partial charge in [-0.2, -0.15) is 0 Å². The number of amides is 1. The monoisotopic (exact) mass is 291 g/mol. The Kier molecular flexibility index (Phi) is 5.06. The Balaban J connectivity index is 2.05. The maximum Gasteiger partial charge on any atom is 0.233 e. The van der Waals surface area contributed by atoms with E-state index in [1.165, 1.54) is 0 Å². The summed E-state index contributed by atoms with van der Waals surface area (Å²) in [7, 11) is 0. The van der Waals surface area contributed by atoms with E-state index < -0.39 is 5.41 Å². The molecule has 3 N–H and O–H groups in total. The van der Waals surface area contributed by atoms with Crippen molar-refractivity contribution in [3.05, 3.63) is 30.1 Å². The summed E-state index contributed by atoms with van der Waals surface area (Å²) < 4.78 is 0. The zero-order valence-electron chi connectivity index (χ0n) is 11.6. The molecule has 0 unspecified atom stereocenters. The van der Waals surface area contributed by atoms with Crippen molar-refractivity contribution in [2.75, 3.05) is 0 Å². The first-order valence-corrected chi connectivity index (χ1v) is 7.53. The molecule has 1 aromatic heterocycles. The van der Waals surface area contributed by atoms with Crippen LogP contribution in [0.1, 0.15) is 44.1 Å². The highest BCUT2D eigenvalue weighted by atomic mass is 32.1. The number of hydrogen-bond acceptors (Lipinski definition) is 3. The molecule has 4 nitrogen and oxygen atoms in total. The van der Waals surface area contributed by atoms with Gasteiger partial charge in [0.1, 0.15) is 0 Å². The maximum atomic E-state index is 12.6. The third-order valence-electron chi connectivity index (χ3n) is 4.04. The molecule has 0 spiro atoms.